The molecule has 5 heteroatoms. The van der Waals surface area contributed by atoms with Crippen LogP contribution in [0, 0.1) is 6.92 Å². The minimum absolute atomic E-state index is 0.0694. The summed E-state index contributed by atoms with van der Waals surface area (Å²) < 4.78 is 5.49. The van der Waals surface area contributed by atoms with Crippen LogP contribution in [0.4, 0.5) is 0 Å². The molecule has 0 bridgehead atoms. The Bertz CT molecular complexity index is 658. The van der Waals surface area contributed by atoms with Crippen molar-refractivity contribution in [3.05, 3.63) is 38.7 Å². The van der Waals surface area contributed by atoms with E-state index in [9.17, 15) is 15.0 Å². The van der Waals surface area contributed by atoms with Crippen LogP contribution in [-0.4, -0.2) is 16.3 Å². The Morgan fingerprint density at radius 1 is 1.44 bits per heavy atom. The van der Waals surface area contributed by atoms with Crippen LogP contribution in [0.3, 0.4) is 0 Å². The Labute approximate surface area is 108 Å². The molecular weight excluding hydrogens is 256 g/mol. The number of phenols is 1. The zero-order chi connectivity index (χ0) is 13.4. The van der Waals surface area contributed by atoms with Gasteiger partial charge in [0, 0.05) is 12.5 Å². The van der Waals surface area contributed by atoms with Gasteiger partial charge in [0.15, 0.2) is 11.0 Å². The predicted octanol–water partition coefficient (Wildman–Crippen LogP) is 2.38. The summed E-state index contributed by atoms with van der Waals surface area (Å²) >= 11 is 6.07. The molecule has 0 amide bonds. The number of rotatable bonds is 2. The van der Waals surface area contributed by atoms with E-state index in [2.05, 4.69) is 0 Å². The molecule has 0 saturated heterocycles. The Kier molecular flexibility index (Phi) is 3.32. The first-order valence-electron chi connectivity index (χ1n) is 5.53. The fourth-order valence-corrected chi connectivity index (χ4v) is 2.04. The highest BCUT2D eigenvalue weighted by molar-refractivity contribution is 6.35. The molecule has 18 heavy (non-hydrogen) atoms. The van der Waals surface area contributed by atoms with Crippen LogP contribution in [0.1, 0.15) is 18.2 Å². The van der Waals surface area contributed by atoms with Crippen molar-refractivity contribution in [1.29, 1.82) is 0 Å². The lowest BCUT2D eigenvalue weighted by molar-refractivity contribution is 0.187. The van der Waals surface area contributed by atoms with Crippen molar-refractivity contribution in [2.24, 2.45) is 0 Å². The van der Waals surface area contributed by atoms with E-state index in [4.69, 9.17) is 16.0 Å². The van der Waals surface area contributed by atoms with Crippen molar-refractivity contribution >= 4 is 22.6 Å². The number of aryl methyl sites for hydroxylation is 1. The van der Waals surface area contributed by atoms with Crippen molar-refractivity contribution in [3.8, 4) is 5.75 Å². The van der Waals surface area contributed by atoms with Gasteiger partial charge in [0.2, 0.25) is 0 Å². The third-order valence-electron chi connectivity index (χ3n) is 2.65. The van der Waals surface area contributed by atoms with Crippen LogP contribution >= 0.6 is 11.6 Å². The maximum Gasteiger partial charge on any atom is 0.196 e. The highest BCUT2D eigenvalue weighted by Gasteiger charge is 2.15. The molecule has 0 fully saturated rings. The first-order chi connectivity index (χ1) is 8.40. The molecule has 0 spiro atoms. The molecule has 1 heterocycles. The average molecular weight is 269 g/mol. The lowest BCUT2D eigenvalue weighted by Crippen LogP contribution is -2.09. The van der Waals surface area contributed by atoms with Gasteiger partial charge < -0.3 is 14.6 Å². The molecule has 1 aromatic heterocycles. The number of phenolic OH excluding ortho intramolecular Hbond substituents is 1. The molecular formula is C13H13ClO4. The number of aromatic hydroxyl groups is 1. The second-order valence-electron chi connectivity index (χ2n) is 4.36. The highest BCUT2D eigenvalue weighted by Crippen LogP contribution is 2.32. The molecule has 0 radical (unpaired) electrons. The van der Waals surface area contributed by atoms with Gasteiger partial charge in [-0.25, -0.2) is 0 Å². The monoisotopic (exact) mass is 268 g/mol. The van der Waals surface area contributed by atoms with Crippen molar-refractivity contribution in [2.75, 3.05) is 0 Å². The first-order valence-corrected chi connectivity index (χ1v) is 5.90. The van der Waals surface area contributed by atoms with Gasteiger partial charge in [0.05, 0.1) is 11.1 Å². The van der Waals surface area contributed by atoms with Gasteiger partial charge in [-0.2, -0.15) is 0 Å². The van der Waals surface area contributed by atoms with Crippen LogP contribution < -0.4 is 5.43 Å². The van der Waals surface area contributed by atoms with Crippen LogP contribution in [-0.2, 0) is 6.42 Å². The maximum atomic E-state index is 11.9. The van der Waals surface area contributed by atoms with Gasteiger partial charge in [-0.15, -0.1) is 0 Å². The van der Waals surface area contributed by atoms with Crippen LogP contribution in [0.5, 0.6) is 5.75 Å². The summed E-state index contributed by atoms with van der Waals surface area (Å²) in [6, 6.07) is 2.69. The highest BCUT2D eigenvalue weighted by atomic mass is 35.5. The number of hydrogen-bond acceptors (Lipinski definition) is 4. The molecule has 2 N–H and O–H groups in total. The molecule has 1 unspecified atom stereocenters. The molecule has 2 aromatic rings. The van der Waals surface area contributed by atoms with Crippen LogP contribution in [0.15, 0.2) is 21.3 Å². The van der Waals surface area contributed by atoms with E-state index in [0.29, 0.717) is 16.3 Å². The molecule has 0 aliphatic heterocycles. The Hall–Kier alpha value is -1.52. The molecule has 4 nitrogen and oxygen atoms in total. The molecule has 0 aliphatic carbocycles. The van der Waals surface area contributed by atoms with Crippen molar-refractivity contribution in [3.63, 3.8) is 0 Å². The normalized spacial score (nSPS) is 12.9. The molecule has 1 atom stereocenters. The smallest absolute Gasteiger partial charge is 0.196 e. The number of hydrogen-bond donors (Lipinski definition) is 2. The Balaban J connectivity index is 2.79. The predicted molar refractivity (Wildman–Crippen MR) is 69.3 cm³/mol. The molecule has 1 aromatic carbocycles. The molecule has 96 valence electrons. The second-order valence-corrected chi connectivity index (χ2v) is 4.74. The van der Waals surface area contributed by atoms with Crippen molar-refractivity contribution in [2.45, 2.75) is 26.4 Å². The van der Waals surface area contributed by atoms with Gasteiger partial charge in [-0.3, -0.25) is 4.79 Å². The average Bonchev–Trinajstić information content (AvgIpc) is 2.24. The zero-order valence-electron chi connectivity index (χ0n) is 10.0. The summed E-state index contributed by atoms with van der Waals surface area (Å²) in [6.07, 6.45) is -0.404. The summed E-state index contributed by atoms with van der Waals surface area (Å²) in [5.41, 5.74) is 0.419. The number of halogens is 1. The van der Waals surface area contributed by atoms with Gasteiger partial charge in [0.25, 0.3) is 0 Å². The zero-order valence-corrected chi connectivity index (χ0v) is 10.8. The summed E-state index contributed by atoms with van der Waals surface area (Å²) in [4.78, 5) is 11.9. The molecule has 0 saturated carbocycles. The molecule has 0 aliphatic rings. The topological polar surface area (TPSA) is 70.7 Å². The van der Waals surface area contributed by atoms with E-state index >= 15 is 0 Å². The van der Waals surface area contributed by atoms with E-state index in [1.165, 1.54) is 12.1 Å². The first kappa shape index (κ1) is 12.9. The van der Waals surface area contributed by atoms with E-state index in [0.717, 1.165) is 0 Å². The minimum atomic E-state index is -0.622. The molecule has 2 rings (SSSR count). The quantitative estimate of drug-likeness (QED) is 0.877. The third-order valence-corrected chi connectivity index (χ3v) is 3.12. The van der Waals surface area contributed by atoms with E-state index in [-0.39, 0.29) is 28.6 Å². The SMILES string of the molecule is Cc1cc(O)c2c(=O)cc(CC(C)O)oc2c1Cl. The minimum Gasteiger partial charge on any atom is -0.507 e. The lowest BCUT2D eigenvalue weighted by Gasteiger charge is -2.08. The number of aliphatic hydroxyl groups excluding tert-OH is 1. The van der Waals surface area contributed by atoms with E-state index < -0.39 is 6.10 Å². The number of fused-ring (bicyclic) bond motifs is 1. The Morgan fingerprint density at radius 2 is 2.11 bits per heavy atom. The van der Waals surface area contributed by atoms with Crippen LogP contribution in [0.2, 0.25) is 5.02 Å². The fourth-order valence-electron chi connectivity index (χ4n) is 1.85. The van der Waals surface area contributed by atoms with Crippen LogP contribution in [0.25, 0.3) is 11.0 Å². The largest absolute Gasteiger partial charge is 0.507 e. The second kappa shape index (κ2) is 4.63. The standard InChI is InChI=1S/C13H13ClO4/c1-6-3-9(16)11-10(17)5-8(4-7(2)15)18-13(11)12(6)14/h3,5,7,15-16H,4H2,1-2H3. The lowest BCUT2D eigenvalue weighted by atomic mass is 10.1. The van der Waals surface area contributed by atoms with Gasteiger partial charge in [0.1, 0.15) is 16.9 Å². The van der Waals surface area contributed by atoms with E-state index in [1.807, 2.05) is 0 Å². The summed E-state index contributed by atoms with van der Waals surface area (Å²) in [5, 5.41) is 19.4. The summed E-state index contributed by atoms with van der Waals surface area (Å²) in [5.74, 6) is 0.193. The van der Waals surface area contributed by atoms with Gasteiger partial charge >= 0.3 is 0 Å². The summed E-state index contributed by atoms with van der Waals surface area (Å²) in [7, 11) is 0. The van der Waals surface area contributed by atoms with Crippen molar-refractivity contribution < 1.29 is 14.6 Å². The Morgan fingerprint density at radius 3 is 2.72 bits per heavy atom. The van der Waals surface area contributed by atoms with Crippen molar-refractivity contribution in [1.82, 2.24) is 0 Å². The summed E-state index contributed by atoms with van der Waals surface area (Å²) in [6.45, 7) is 3.31. The van der Waals surface area contributed by atoms with Gasteiger partial charge in [-0.1, -0.05) is 11.6 Å². The third kappa shape index (κ3) is 2.21. The van der Waals surface area contributed by atoms with E-state index in [1.54, 1.807) is 13.8 Å². The maximum absolute atomic E-state index is 11.9. The number of aliphatic hydroxyl groups is 1. The fraction of sp³-hybridized carbons (Fsp3) is 0.308. The number of benzene rings is 1. The van der Waals surface area contributed by atoms with Gasteiger partial charge in [-0.05, 0) is 25.5 Å².